The summed E-state index contributed by atoms with van der Waals surface area (Å²) in [6, 6.07) is 4.50. The van der Waals surface area contributed by atoms with E-state index in [1.807, 2.05) is 0 Å². The summed E-state index contributed by atoms with van der Waals surface area (Å²) in [6.45, 7) is 0.177. The number of rotatable bonds is 5. The number of carboxylic acid groups (broad SMARTS) is 1. The van der Waals surface area contributed by atoms with Gasteiger partial charge in [0, 0.05) is 11.0 Å². The fourth-order valence-electron chi connectivity index (χ4n) is 1.50. The lowest BCUT2D eigenvalue weighted by Gasteiger charge is -2.19. The molecule has 1 aromatic carbocycles. The second kappa shape index (κ2) is 6.11. The van der Waals surface area contributed by atoms with Gasteiger partial charge in [0.1, 0.15) is 6.10 Å². The van der Waals surface area contributed by atoms with Gasteiger partial charge in [0.15, 0.2) is 0 Å². The molecule has 0 aliphatic heterocycles. The van der Waals surface area contributed by atoms with Crippen LogP contribution in [-0.4, -0.2) is 41.0 Å². The van der Waals surface area contributed by atoms with Gasteiger partial charge in [-0.3, -0.25) is 0 Å². The zero-order chi connectivity index (χ0) is 13.0. The highest BCUT2D eigenvalue weighted by atomic mass is 79.9. The first-order chi connectivity index (χ1) is 7.97. The Kier molecular flexibility index (Phi) is 5.07. The highest BCUT2D eigenvalue weighted by Gasteiger charge is 2.23. The fourth-order valence-corrected chi connectivity index (χ4v) is 1.86. The highest BCUT2D eigenvalue weighted by Crippen LogP contribution is 2.24. The minimum Gasteiger partial charge on any atom is -0.478 e. The molecule has 0 aliphatic rings. The van der Waals surface area contributed by atoms with Crippen LogP contribution in [0.25, 0.3) is 0 Å². The molecule has 1 aromatic rings. The van der Waals surface area contributed by atoms with E-state index in [2.05, 4.69) is 21.2 Å². The van der Waals surface area contributed by atoms with Crippen molar-refractivity contribution in [2.45, 2.75) is 12.2 Å². The van der Waals surface area contributed by atoms with E-state index in [4.69, 9.17) is 5.11 Å². The van der Waals surface area contributed by atoms with E-state index in [0.29, 0.717) is 4.47 Å². The zero-order valence-electron chi connectivity index (χ0n) is 9.22. The molecule has 5 nitrogen and oxygen atoms in total. The van der Waals surface area contributed by atoms with E-state index >= 15 is 0 Å². The number of hydrogen-bond acceptors (Lipinski definition) is 4. The van der Waals surface area contributed by atoms with E-state index in [1.165, 1.54) is 12.1 Å². The van der Waals surface area contributed by atoms with E-state index in [-0.39, 0.29) is 17.7 Å². The Balaban J connectivity index is 3.08. The van der Waals surface area contributed by atoms with E-state index in [0.717, 1.165) is 0 Å². The molecule has 2 unspecified atom stereocenters. The smallest absolute Gasteiger partial charge is 0.336 e. The highest BCUT2D eigenvalue weighted by molar-refractivity contribution is 9.10. The summed E-state index contributed by atoms with van der Waals surface area (Å²) < 4.78 is 0.606. The van der Waals surface area contributed by atoms with Crippen LogP contribution in [0, 0.1) is 0 Å². The molecule has 0 saturated heterocycles. The Labute approximate surface area is 107 Å². The van der Waals surface area contributed by atoms with Crippen LogP contribution < -0.4 is 5.32 Å². The summed E-state index contributed by atoms with van der Waals surface area (Å²) in [4.78, 5) is 11.0. The summed E-state index contributed by atoms with van der Waals surface area (Å²) >= 11 is 3.16. The quantitative estimate of drug-likeness (QED) is 0.645. The topological polar surface area (TPSA) is 89.8 Å². The van der Waals surface area contributed by atoms with Crippen LogP contribution in [0.1, 0.15) is 22.0 Å². The van der Waals surface area contributed by atoms with Crippen molar-refractivity contribution in [2.24, 2.45) is 0 Å². The van der Waals surface area contributed by atoms with Crippen molar-refractivity contribution in [3.8, 4) is 0 Å². The molecule has 6 heteroatoms. The molecule has 0 aliphatic carbocycles. The van der Waals surface area contributed by atoms with Crippen molar-refractivity contribution in [3.63, 3.8) is 0 Å². The maximum atomic E-state index is 11.0. The maximum absolute atomic E-state index is 11.0. The molecule has 17 heavy (non-hydrogen) atoms. The average Bonchev–Trinajstić information content (AvgIpc) is 2.28. The molecule has 0 fully saturated rings. The van der Waals surface area contributed by atoms with Gasteiger partial charge >= 0.3 is 5.97 Å². The van der Waals surface area contributed by atoms with Crippen molar-refractivity contribution in [2.75, 3.05) is 13.6 Å². The Morgan fingerprint density at radius 1 is 1.47 bits per heavy atom. The molecular formula is C11H14BrNO4. The Morgan fingerprint density at radius 2 is 2.12 bits per heavy atom. The number of aliphatic hydroxyl groups excluding tert-OH is 2. The molecule has 0 heterocycles. The van der Waals surface area contributed by atoms with Gasteiger partial charge < -0.3 is 20.6 Å². The normalized spacial score (nSPS) is 14.4. The van der Waals surface area contributed by atoms with Gasteiger partial charge in [0.25, 0.3) is 0 Å². The molecule has 0 spiro atoms. The number of likely N-dealkylation sites (N-methyl/N-ethyl adjacent to an activating group) is 1. The Bertz CT molecular complexity index is 410. The van der Waals surface area contributed by atoms with Crippen molar-refractivity contribution < 1.29 is 20.1 Å². The number of carboxylic acids is 1. The number of aliphatic hydroxyl groups is 2. The van der Waals surface area contributed by atoms with Crippen molar-refractivity contribution >= 4 is 21.9 Å². The van der Waals surface area contributed by atoms with Crippen LogP contribution in [0.15, 0.2) is 22.7 Å². The van der Waals surface area contributed by atoms with Crippen LogP contribution in [0.5, 0.6) is 0 Å². The molecule has 0 saturated carbocycles. The molecule has 0 radical (unpaired) electrons. The van der Waals surface area contributed by atoms with Crippen molar-refractivity contribution in [1.82, 2.24) is 5.32 Å². The van der Waals surface area contributed by atoms with Crippen LogP contribution in [0.2, 0.25) is 0 Å². The van der Waals surface area contributed by atoms with Gasteiger partial charge in [-0.15, -0.1) is 0 Å². The number of carbonyl (C=O) groups is 1. The molecule has 2 atom stereocenters. The SMILES string of the molecule is CNCC(O)C(O)c1ccc(Br)cc1C(=O)O. The minimum atomic E-state index is -1.23. The minimum absolute atomic E-state index is 0.0259. The van der Waals surface area contributed by atoms with Crippen molar-refractivity contribution in [3.05, 3.63) is 33.8 Å². The van der Waals surface area contributed by atoms with Crippen LogP contribution in [0.4, 0.5) is 0 Å². The first-order valence-corrected chi connectivity index (χ1v) is 5.80. The summed E-state index contributed by atoms with van der Waals surface area (Å²) in [7, 11) is 1.63. The van der Waals surface area contributed by atoms with E-state index < -0.39 is 18.2 Å². The predicted octanol–water partition coefficient (Wildman–Crippen LogP) is 0.761. The van der Waals surface area contributed by atoms with Gasteiger partial charge in [0.2, 0.25) is 0 Å². The fraction of sp³-hybridized carbons (Fsp3) is 0.364. The van der Waals surface area contributed by atoms with Gasteiger partial charge in [-0.05, 0) is 24.7 Å². The number of nitrogens with one attached hydrogen (secondary N) is 1. The Morgan fingerprint density at radius 3 is 2.65 bits per heavy atom. The number of benzene rings is 1. The third-order valence-corrected chi connectivity index (χ3v) is 2.84. The van der Waals surface area contributed by atoms with Crippen LogP contribution >= 0.6 is 15.9 Å². The molecule has 0 aromatic heterocycles. The van der Waals surface area contributed by atoms with Gasteiger partial charge in [-0.1, -0.05) is 22.0 Å². The molecular weight excluding hydrogens is 290 g/mol. The Hall–Kier alpha value is -0.950. The number of hydrogen-bond donors (Lipinski definition) is 4. The summed E-state index contributed by atoms with van der Waals surface area (Å²) in [5, 5.41) is 31.2. The lowest BCUT2D eigenvalue weighted by molar-refractivity contribution is 0.0192. The average molecular weight is 304 g/mol. The molecule has 1 rings (SSSR count). The first-order valence-electron chi connectivity index (χ1n) is 5.00. The van der Waals surface area contributed by atoms with Crippen LogP contribution in [0.3, 0.4) is 0 Å². The summed E-state index contributed by atoms with van der Waals surface area (Å²) in [5.41, 5.74) is 0.172. The monoisotopic (exact) mass is 303 g/mol. The largest absolute Gasteiger partial charge is 0.478 e. The third kappa shape index (κ3) is 3.50. The van der Waals surface area contributed by atoms with Gasteiger partial charge in [-0.2, -0.15) is 0 Å². The number of halogens is 1. The summed E-state index contributed by atoms with van der Waals surface area (Å²) in [6.07, 6.45) is -2.29. The van der Waals surface area contributed by atoms with Crippen LogP contribution in [-0.2, 0) is 0 Å². The van der Waals surface area contributed by atoms with Crippen molar-refractivity contribution in [1.29, 1.82) is 0 Å². The maximum Gasteiger partial charge on any atom is 0.336 e. The molecule has 0 bridgehead atoms. The second-order valence-electron chi connectivity index (χ2n) is 3.61. The lowest BCUT2D eigenvalue weighted by Crippen LogP contribution is -2.30. The second-order valence-corrected chi connectivity index (χ2v) is 4.52. The molecule has 0 amide bonds. The van der Waals surface area contributed by atoms with Gasteiger partial charge in [-0.25, -0.2) is 4.79 Å². The number of aromatic carboxylic acids is 1. The van der Waals surface area contributed by atoms with E-state index in [9.17, 15) is 15.0 Å². The molecule has 94 valence electrons. The predicted molar refractivity (Wildman–Crippen MR) is 66.0 cm³/mol. The lowest BCUT2D eigenvalue weighted by atomic mass is 9.98. The third-order valence-electron chi connectivity index (χ3n) is 2.34. The molecule has 4 N–H and O–H groups in total. The zero-order valence-corrected chi connectivity index (χ0v) is 10.8. The summed E-state index contributed by atoms with van der Waals surface area (Å²) in [5.74, 6) is -1.14. The van der Waals surface area contributed by atoms with E-state index in [1.54, 1.807) is 13.1 Å². The standard InChI is InChI=1S/C11H14BrNO4/c1-13-5-9(14)10(15)7-3-2-6(12)4-8(7)11(16)17/h2-4,9-10,13-15H,5H2,1H3,(H,16,17). The first kappa shape index (κ1) is 14.1. The van der Waals surface area contributed by atoms with Gasteiger partial charge in [0.05, 0.1) is 11.7 Å².